The van der Waals surface area contributed by atoms with Gasteiger partial charge in [0, 0.05) is 25.0 Å². The lowest BCUT2D eigenvalue weighted by molar-refractivity contribution is 0.0398. The van der Waals surface area contributed by atoms with E-state index in [0.29, 0.717) is 23.3 Å². The first kappa shape index (κ1) is 28.5. The molecule has 1 N–H and O–H groups in total. The molecule has 1 aliphatic rings. The third kappa shape index (κ3) is 7.39. The van der Waals surface area contributed by atoms with Crippen LogP contribution in [-0.2, 0) is 4.74 Å². The smallest absolute Gasteiger partial charge is 0.302 e. The molecule has 1 fully saturated rings. The van der Waals surface area contributed by atoms with Gasteiger partial charge in [0.2, 0.25) is 0 Å². The van der Waals surface area contributed by atoms with E-state index >= 15 is 0 Å². The fraction of sp³-hybridized carbons (Fsp3) is 0.345. The zero-order chi connectivity index (χ0) is 26.3. The van der Waals surface area contributed by atoms with Crippen molar-refractivity contribution in [1.29, 1.82) is 0 Å². The Bertz CT molecular complexity index is 1210. The topological polar surface area (TPSA) is 80.3 Å². The number of anilines is 1. The Labute approximate surface area is 214 Å². The largest absolute Gasteiger partial charge is 0.426 e. The van der Waals surface area contributed by atoms with Crippen LogP contribution < -0.4 is 15.2 Å². The van der Waals surface area contributed by atoms with Crippen LogP contribution in [0.2, 0.25) is 0 Å². The van der Waals surface area contributed by atoms with Crippen molar-refractivity contribution in [3.8, 4) is 11.8 Å². The van der Waals surface area contributed by atoms with E-state index in [-0.39, 0.29) is 17.7 Å². The first-order valence-electron chi connectivity index (χ1n) is 12.8. The fourth-order valence-corrected chi connectivity index (χ4v) is 3.61. The first-order valence-corrected chi connectivity index (χ1v) is 12.8. The molecule has 0 bridgehead atoms. The average molecular weight is 491 g/mol. The van der Waals surface area contributed by atoms with Gasteiger partial charge in [-0.3, -0.25) is 14.8 Å². The molecular formula is C29H38N4O3. The van der Waals surface area contributed by atoms with Crippen molar-refractivity contribution in [2.24, 2.45) is 0 Å². The second kappa shape index (κ2) is 15.3. The number of morpholine rings is 1. The monoisotopic (exact) mass is 490 g/mol. The second-order valence-corrected chi connectivity index (χ2v) is 7.08. The molecular weight excluding hydrogens is 452 g/mol. The lowest BCUT2D eigenvalue weighted by Crippen LogP contribution is -2.38. The van der Waals surface area contributed by atoms with Gasteiger partial charge in [-0.15, -0.1) is 0 Å². The molecule has 5 rings (SSSR count). The van der Waals surface area contributed by atoms with Crippen LogP contribution in [-0.4, -0.2) is 34.6 Å². The zero-order valence-corrected chi connectivity index (χ0v) is 22.2. The van der Waals surface area contributed by atoms with Gasteiger partial charge < -0.3 is 14.4 Å². The van der Waals surface area contributed by atoms with Gasteiger partial charge in [0.05, 0.1) is 23.7 Å². The summed E-state index contributed by atoms with van der Waals surface area (Å²) in [5.41, 5.74) is 2.51. The molecule has 0 radical (unpaired) electrons. The normalized spacial score (nSPS) is 14.3. The standard InChI is InChI=1S/C23H20N4O3.3C2H6/c28-22-19-10-11-24-14-20(19)25-23(26-22)30-18-8-6-17(7-9-18)27-12-13-29-21(15-27)16-4-2-1-3-5-16;3*1-2/h1-11,14,21H,12-13,15H2,(H,25,26,28);3*1-2H3. The molecule has 1 aliphatic heterocycles. The summed E-state index contributed by atoms with van der Waals surface area (Å²) in [6, 6.07) is 19.8. The van der Waals surface area contributed by atoms with E-state index in [2.05, 4.69) is 32.0 Å². The SMILES string of the molecule is CC.CC.CC.O=c1[nH]c(Oc2ccc(N3CCOC(c4ccccc4)C3)cc2)nc2cnccc12. The molecule has 0 saturated carbocycles. The van der Waals surface area contributed by atoms with Crippen LogP contribution in [0.1, 0.15) is 53.2 Å². The minimum absolute atomic E-state index is 0.0522. The number of hydrogen-bond acceptors (Lipinski definition) is 6. The summed E-state index contributed by atoms with van der Waals surface area (Å²) in [5.74, 6) is 0.595. The first-order chi connectivity index (χ1) is 17.8. The third-order valence-corrected chi connectivity index (χ3v) is 5.14. The number of nitrogens with one attached hydrogen (secondary N) is 1. The van der Waals surface area contributed by atoms with E-state index in [1.165, 1.54) is 5.56 Å². The predicted octanol–water partition coefficient (Wildman–Crippen LogP) is 6.77. The van der Waals surface area contributed by atoms with Crippen LogP contribution in [0.25, 0.3) is 10.9 Å². The van der Waals surface area contributed by atoms with E-state index in [9.17, 15) is 4.79 Å². The highest BCUT2D eigenvalue weighted by atomic mass is 16.5. The third-order valence-electron chi connectivity index (χ3n) is 5.14. The molecule has 1 atom stereocenters. The van der Waals surface area contributed by atoms with E-state index in [4.69, 9.17) is 9.47 Å². The molecule has 1 unspecified atom stereocenters. The molecule has 0 aliphatic carbocycles. The molecule has 4 aromatic rings. The molecule has 0 amide bonds. The van der Waals surface area contributed by atoms with Gasteiger partial charge in [-0.05, 0) is 35.9 Å². The van der Waals surface area contributed by atoms with E-state index in [1.807, 2.05) is 84.0 Å². The Morgan fingerprint density at radius 2 is 1.64 bits per heavy atom. The Balaban J connectivity index is 0.000000710. The highest BCUT2D eigenvalue weighted by Gasteiger charge is 2.22. The highest BCUT2D eigenvalue weighted by Crippen LogP contribution is 2.28. The van der Waals surface area contributed by atoms with Crippen LogP contribution in [0.4, 0.5) is 5.69 Å². The molecule has 2 aromatic carbocycles. The number of benzene rings is 2. The van der Waals surface area contributed by atoms with Crippen LogP contribution in [0.15, 0.2) is 77.9 Å². The van der Waals surface area contributed by atoms with Gasteiger partial charge >= 0.3 is 6.01 Å². The van der Waals surface area contributed by atoms with Crippen LogP contribution in [0, 0.1) is 0 Å². The van der Waals surface area contributed by atoms with Crippen LogP contribution in [0.5, 0.6) is 11.8 Å². The Morgan fingerprint density at radius 3 is 2.33 bits per heavy atom. The maximum Gasteiger partial charge on any atom is 0.302 e. The van der Waals surface area contributed by atoms with Crippen molar-refractivity contribution in [2.75, 3.05) is 24.6 Å². The van der Waals surface area contributed by atoms with Gasteiger partial charge in [0.15, 0.2) is 0 Å². The summed E-state index contributed by atoms with van der Waals surface area (Å²) >= 11 is 0. The quantitative estimate of drug-likeness (QED) is 0.340. The summed E-state index contributed by atoms with van der Waals surface area (Å²) in [6.45, 7) is 14.3. The molecule has 192 valence electrons. The van der Waals surface area contributed by atoms with E-state index in [0.717, 1.165) is 18.8 Å². The number of ether oxygens (including phenoxy) is 2. The van der Waals surface area contributed by atoms with Gasteiger partial charge in [-0.1, -0.05) is 71.9 Å². The number of H-pyrrole nitrogens is 1. The molecule has 36 heavy (non-hydrogen) atoms. The van der Waals surface area contributed by atoms with Crippen molar-refractivity contribution >= 4 is 16.6 Å². The number of nitrogens with zero attached hydrogens (tertiary/aromatic N) is 3. The zero-order valence-electron chi connectivity index (χ0n) is 22.2. The van der Waals surface area contributed by atoms with Crippen molar-refractivity contribution < 1.29 is 9.47 Å². The Kier molecular flexibility index (Phi) is 12.1. The van der Waals surface area contributed by atoms with Crippen molar-refractivity contribution in [3.05, 3.63) is 89.0 Å². The molecule has 7 nitrogen and oxygen atoms in total. The number of aromatic nitrogens is 3. The minimum atomic E-state index is -0.255. The van der Waals surface area contributed by atoms with Crippen LogP contribution >= 0.6 is 0 Å². The van der Waals surface area contributed by atoms with Gasteiger partial charge in [0.25, 0.3) is 5.56 Å². The summed E-state index contributed by atoms with van der Waals surface area (Å²) < 4.78 is 11.7. The van der Waals surface area contributed by atoms with Gasteiger partial charge in [-0.2, -0.15) is 4.98 Å². The van der Waals surface area contributed by atoms with Gasteiger partial charge in [-0.25, -0.2) is 0 Å². The lowest BCUT2D eigenvalue weighted by Gasteiger charge is -2.34. The number of hydrogen-bond donors (Lipinski definition) is 1. The summed E-state index contributed by atoms with van der Waals surface area (Å²) in [4.78, 5) is 25.5. The Morgan fingerprint density at radius 1 is 0.944 bits per heavy atom. The molecule has 7 heteroatoms. The lowest BCUT2D eigenvalue weighted by atomic mass is 10.1. The fourth-order valence-electron chi connectivity index (χ4n) is 3.61. The van der Waals surface area contributed by atoms with Crippen molar-refractivity contribution in [2.45, 2.75) is 47.6 Å². The highest BCUT2D eigenvalue weighted by molar-refractivity contribution is 5.76. The second-order valence-electron chi connectivity index (χ2n) is 7.08. The molecule has 3 heterocycles. The average Bonchev–Trinajstić information content (AvgIpc) is 2.97. The summed E-state index contributed by atoms with van der Waals surface area (Å²) in [6.07, 6.45) is 3.16. The Hall–Kier alpha value is -3.71. The summed E-state index contributed by atoms with van der Waals surface area (Å²) in [7, 11) is 0. The number of aromatic amines is 1. The molecule has 1 saturated heterocycles. The number of rotatable bonds is 4. The predicted molar refractivity (Wildman–Crippen MR) is 148 cm³/mol. The summed E-state index contributed by atoms with van der Waals surface area (Å²) in [5, 5.41) is 0.480. The number of fused-ring (bicyclic) bond motifs is 1. The molecule has 2 aromatic heterocycles. The molecule has 0 spiro atoms. The maximum absolute atomic E-state index is 12.2. The minimum Gasteiger partial charge on any atom is -0.426 e. The van der Waals surface area contributed by atoms with Crippen molar-refractivity contribution in [1.82, 2.24) is 15.0 Å². The number of pyridine rings is 1. The van der Waals surface area contributed by atoms with Crippen molar-refractivity contribution in [3.63, 3.8) is 0 Å². The van der Waals surface area contributed by atoms with E-state index in [1.54, 1.807) is 18.5 Å². The van der Waals surface area contributed by atoms with E-state index < -0.39 is 0 Å². The van der Waals surface area contributed by atoms with Gasteiger partial charge in [0.1, 0.15) is 11.9 Å². The van der Waals surface area contributed by atoms with Crippen LogP contribution in [0.3, 0.4) is 0 Å². The maximum atomic E-state index is 12.2.